The van der Waals surface area contributed by atoms with Gasteiger partial charge in [-0.1, -0.05) is 6.07 Å². The molecule has 7 nitrogen and oxygen atoms in total. The molecular formula is C20H23N5O2. The van der Waals surface area contributed by atoms with Crippen molar-refractivity contribution < 1.29 is 9.59 Å². The first-order valence-electron chi connectivity index (χ1n) is 9.34. The Morgan fingerprint density at radius 1 is 0.889 bits per heavy atom. The molecule has 2 atom stereocenters. The van der Waals surface area contributed by atoms with E-state index in [1.807, 2.05) is 13.0 Å². The zero-order valence-electron chi connectivity index (χ0n) is 15.4. The Hall–Kier alpha value is -2.83. The Bertz CT molecular complexity index is 854. The highest BCUT2D eigenvalue weighted by Crippen LogP contribution is 2.48. The number of pyridine rings is 1. The number of hydrogen-bond acceptors (Lipinski definition) is 5. The van der Waals surface area contributed by atoms with Crippen molar-refractivity contribution in [1.29, 1.82) is 0 Å². The minimum atomic E-state index is -0.292. The van der Waals surface area contributed by atoms with E-state index in [0.717, 1.165) is 44.2 Å². The molecule has 2 aromatic rings. The van der Waals surface area contributed by atoms with E-state index in [0.29, 0.717) is 11.4 Å². The number of aromatic nitrogens is 3. The smallest absolute Gasteiger partial charge is 0.271 e. The number of carbonyl (C=O) groups excluding carboxylic acids is 2. The van der Waals surface area contributed by atoms with Crippen LogP contribution in [0.2, 0.25) is 0 Å². The van der Waals surface area contributed by atoms with Crippen molar-refractivity contribution in [2.45, 2.75) is 56.5 Å². The molecule has 2 aliphatic carbocycles. The van der Waals surface area contributed by atoms with Crippen molar-refractivity contribution in [2.24, 2.45) is 0 Å². The van der Waals surface area contributed by atoms with Gasteiger partial charge in [0.05, 0.1) is 11.9 Å². The van der Waals surface area contributed by atoms with Crippen LogP contribution in [0.5, 0.6) is 0 Å². The molecule has 0 aromatic carbocycles. The maximum absolute atomic E-state index is 12.6. The number of amides is 2. The molecule has 0 spiro atoms. The molecule has 2 fully saturated rings. The van der Waals surface area contributed by atoms with Gasteiger partial charge in [-0.2, -0.15) is 0 Å². The van der Waals surface area contributed by atoms with Crippen LogP contribution in [0.4, 0.5) is 0 Å². The quantitative estimate of drug-likeness (QED) is 0.866. The van der Waals surface area contributed by atoms with E-state index in [2.05, 4.69) is 25.6 Å². The molecule has 2 N–H and O–H groups in total. The second-order valence-corrected chi connectivity index (χ2v) is 7.76. The minimum Gasteiger partial charge on any atom is -0.345 e. The fourth-order valence-corrected chi connectivity index (χ4v) is 4.45. The zero-order chi connectivity index (χ0) is 18.9. The van der Waals surface area contributed by atoms with Crippen LogP contribution in [0.15, 0.2) is 36.8 Å². The third-order valence-electron chi connectivity index (χ3n) is 5.74. The Morgan fingerprint density at radius 3 is 2.19 bits per heavy atom. The lowest BCUT2D eigenvalue weighted by Gasteiger charge is -2.40. The molecule has 2 aliphatic rings. The molecule has 2 unspecified atom stereocenters. The summed E-state index contributed by atoms with van der Waals surface area (Å²) in [5.41, 5.74) is 0.960. The molecule has 140 valence electrons. The van der Waals surface area contributed by atoms with Gasteiger partial charge in [0.15, 0.2) is 0 Å². The summed E-state index contributed by atoms with van der Waals surface area (Å²) in [7, 11) is 0. The van der Waals surface area contributed by atoms with E-state index >= 15 is 0 Å². The molecule has 27 heavy (non-hydrogen) atoms. The molecule has 0 saturated heterocycles. The molecule has 7 heteroatoms. The van der Waals surface area contributed by atoms with Gasteiger partial charge >= 0.3 is 0 Å². The molecule has 4 rings (SSSR count). The summed E-state index contributed by atoms with van der Waals surface area (Å²) in [4.78, 5) is 37.7. The third kappa shape index (κ3) is 3.54. The molecule has 0 radical (unpaired) electrons. The summed E-state index contributed by atoms with van der Waals surface area (Å²) >= 11 is 0. The lowest BCUT2D eigenvalue weighted by molar-refractivity contribution is 0.0827. The Kier molecular flexibility index (Phi) is 4.37. The van der Waals surface area contributed by atoms with Gasteiger partial charge in [-0.15, -0.1) is 0 Å². The number of nitrogens with zero attached hydrogens (tertiary/aromatic N) is 3. The van der Waals surface area contributed by atoms with Crippen LogP contribution in [0, 0.1) is 6.92 Å². The summed E-state index contributed by atoms with van der Waals surface area (Å²) < 4.78 is 0. The number of carbonyl (C=O) groups is 2. The van der Waals surface area contributed by atoms with E-state index in [-0.39, 0.29) is 22.9 Å². The van der Waals surface area contributed by atoms with Gasteiger partial charge in [0.2, 0.25) is 0 Å². The lowest BCUT2D eigenvalue weighted by atomic mass is 9.78. The highest BCUT2D eigenvalue weighted by Gasteiger charge is 2.52. The van der Waals surface area contributed by atoms with Gasteiger partial charge in [0.1, 0.15) is 11.4 Å². The van der Waals surface area contributed by atoms with Crippen molar-refractivity contribution in [3.63, 3.8) is 0 Å². The van der Waals surface area contributed by atoms with Crippen LogP contribution in [0.25, 0.3) is 0 Å². The van der Waals surface area contributed by atoms with E-state index in [1.165, 1.54) is 6.20 Å². The number of hydrogen-bond donors (Lipinski definition) is 2. The van der Waals surface area contributed by atoms with Crippen LogP contribution in [-0.2, 0) is 0 Å². The first-order chi connectivity index (χ1) is 13.0. The van der Waals surface area contributed by atoms with Gasteiger partial charge in [0.25, 0.3) is 11.8 Å². The molecule has 2 amide bonds. The Labute approximate surface area is 158 Å². The highest BCUT2D eigenvalue weighted by molar-refractivity contribution is 5.93. The number of fused-ring (bicyclic) bond motifs is 2. The monoisotopic (exact) mass is 365 g/mol. The van der Waals surface area contributed by atoms with E-state index in [4.69, 9.17) is 0 Å². The van der Waals surface area contributed by atoms with Crippen LogP contribution < -0.4 is 10.6 Å². The zero-order valence-corrected chi connectivity index (χ0v) is 15.4. The predicted octanol–water partition coefficient (Wildman–Crippen LogP) is 2.19. The van der Waals surface area contributed by atoms with Crippen molar-refractivity contribution in [2.75, 3.05) is 0 Å². The fraction of sp³-hybridized carbons (Fsp3) is 0.450. The second-order valence-electron chi connectivity index (χ2n) is 7.76. The van der Waals surface area contributed by atoms with Crippen LogP contribution >= 0.6 is 0 Å². The van der Waals surface area contributed by atoms with Crippen molar-refractivity contribution in [3.8, 4) is 0 Å². The van der Waals surface area contributed by atoms with Gasteiger partial charge in [-0.05, 0) is 57.6 Å². The van der Waals surface area contributed by atoms with Gasteiger partial charge in [-0.25, -0.2) is 4.98 Å². The minimum absolute atomic E-state index is 0.149. The van der Waals surface area contributed by atoms with Gasteiger partial charge in [-0.3, -0.25) is 19.6 Å². The van der Waals surface area contributed by atoms with Gasteiger partial charge < -0.3 is 10.6 Å². The summed E-state index contributed by atoms with van der Waals surface area (Å²) in [5.74, 6) is -0.347. The normalized spacial score (nSPS) is 26.4. The lowest BCUT2D eigenvalue weighted by Crippen LogP contribution is -2.55. The van der Waals surface area contributed by atoms with Crippen molar-refractivity contribution in [3.05, 3.63) is 53.9 Å². The number of nitrogens with one attached hydrogen (secondary N) is 2. The SMILES string of the molecule is Cc1cnc(C(=O)NC23CCCC(NC(=O)c4ccccn4)(CC2)C3)cn1. The average molecular weight is 365 g/mol. The van der Waals surface area contributed by atoms with E-state index in [9.17, 15) is 9.59 Å². The molecule has 2 heterocycles. The summed E-state index contributed by atoms with van der Waals surface area (Å²) in [6.45, 7) is 1.84. The van der Waals surface area contributed by atoms with Crippen LogP contribution in [0.3, 0.4) is 0 Å². The maximum atomic E-state index is 12.6. The predicted molar refractivity (Wildman–Crippen MR) is 99.1 cm³/mol. The van der Waals surface area contributed by atoms with Crippen molar-refractivity contribution in [1.82, 2.24) is 25.6 Å². The fourth-order valence-electron chi connectivity index (χ4n) is 4.45. The molecular weight excluding hydrogens is 342 g/mol. The molecule has 2 bridgehead atoms. The molecule has 0 aliphatic heterocycles. The largest absolute Gasteiger partial charge is 0.345 e. The topological polar surface area (TPSA) is 96.9 Å². The summed E-state index contributed by atoms with van der Waals surface area (Å²) in [6.07, 6.45) is 9.97. The third-order valence-corrected chi connectivity index (χ3v) is 5.74. The Morgan fingerprint density at radius 2 is 1.59 bits per heavy atom. The molecule has 2 aromatic heterocycles. The van der Waals surface area contributed by atoms with Crippen LogP contribution in [-0.4, -0.2) is 37.8 Å². The second kappa shape index (κ2) is 6.72. The first kappa shape index (κ1) is 17.6. The number of rotatable bonds is 4. The van der Waals surface area contributed by atoms with Crippen LogP contribution in [0.1, 0.15) is 65.2 Å². The first-order valence-corrected chi connectivity index (χ1v) is 9.34. The highest BCUT2D eigenvalue weighted by atomic mass is 16.2. The van der Waals surface area contributed by atoms with E-state index in [1.54, 1.807) is 24.5 Å². The molecule has 2 saturated carbocycles. The summed E-state index contributed by atoms with van der Waals surface area (Å²) in [5, 5.41) is 6.39. The van der Waals surface area contributed by atoms with Crippen molar-refractivity contribution >= 4 is 11.8 Å². The van der Waals surface area contributed by atoms with E-state index < -0.39 is 0 Å². The van der Waals surface area contributed by atoms with Gasteiger partial charge in [0, 0.05) is 23.5 Å². The average Bonchev–Trinajstić information content (AvgIpc) is 2.92. The summed E-state index contributed by atoms with van der Waals surface area (Å²) in [6, 6.07) is 5.32. The maximum Gasteiger partial charge on any atom is 0.271 e. The Balaban J connectivity index is 1.47. The standard InChI is InChI=1S/C20H23N5O2/c1-14-11-23-16(12-22-14)18(27)25-20-7-4-6-19(13-20,8-9-20)24-17(26)15-5-2-3-10-21-15/h2-3,5,10-12H,4,6-9,13H2,1H3,(H,24,26)(H,25,27). The number of aryl methyl sites for hydroxylation is 1.